The van der Waals surface area contributed by atoms with E-state index in [1.54, 1.807) is 12.1 Å². The molecular formula is C16H15BrN2O2. The maximum Gasteiger partial charge on any atom is 0.258 e. The number of hydrogen-bond acceptors (Lipinski definition) is 3. The molecule has 1 heterocycles. The monoisotopic (exact) mass is 346 g/mol. The molecule has 4 nitrogen and oxygen atoms in total. The van der Waals surface area contributed by atoms with Gasteiger partial charge in [0.25, 0.3) is 11.8 Å². The van der Waals surface area contributed by atoms with Crippen LogP contribution in [0.15, 0.2) is 30.3 Å². The fourth-order valence-corrected chi connectivity index (χ4v) is 3.20. The summed E-state index contributed by atoms with van der Waals surface area (Å²) in [5, 5.41) is 4.03. The Bertz CT molecular complexity index is 722. The molecule has 2 aromatic carbocycles. The van der Waals surface area contributed by atoms with E-state index in [0.29, 0.717) is 11.1 Å². The first-order valence-electron chi connectivity index (χ1n) is 6.98. The lowest BCUT2D eigenvalue weighted by molar-refractivity contribution is 0.0845. The van der Waals surface area contributed by atoms with Gasteiger partial charge in [-0.15, -0.1) is 0 Å². The van der Waals surface area contributed by atoms with Crippen molar-refractivity contribution in [3.8, 4) is 0 Å². The standard InChI is InChI=1S/C16H15BrN2O2/c1-2-3-9-19(17)13-8-7-12-14-10(13)5-4-6-11(14)15(20)18-16(12)21/h4-8H,2-3,9H2,1H3,(H,18,20,21). The van der Waals surface area contributed by atoms with Crippen LogP contribution in [0.3, 0.4) is 0 Å². The number of halogens is 1. The quantitative estimate of drug-likeness (QED) is 0.679. The Kier molecular flexibility index (Phi) is 3.68. The van der Waals surface area contributed by atoms with Gasteiger partial charge >= 0.3 is 0 Å². The van der Waals surface area contributed by atoms with E-state index in [9.17, 15) is 9.59 Å². The Balaban J connectivity index is 2.21. The number of benzene rings is 2. The zero-order valence-electron chi connectivity index (χ0n) is 11.6. The van der Waals surface area contributed by atoms with Gasteiger partial charge in [-0.2, -0.15) is 0 Å². The van der Waals surface area contributed by atoms with Gasteiger partial charge in [-0.1, -0.05) is 25.5 Å². The third-order valence-corrected chi connectivity index (χ3v) is 4.44. The summed E-state index contributed by atoms with van der Waals surface area (Å²) < 4.78 is 2.00. The van der Waals surface area contributed by atoms with Gasteiger partial charge in [0.2, 0.25) is 0 Å². The molecule has 1 aliphatic heterocycles. The highest BCUT2D eigenvalue weighted by Gasteiger charge is 2.26. The second-order valence-corrected chi connectivity index (χ2v) is 5.94. The summed E-state index contributed by atoms with van der Waals surface area (Å²) in [6, 6.07) is 9.25. The molecule has 2 aromatic rings. The maximum absolute atomic E-state index is 12.0. The average molecular weight is 347 g/mol. The van der Waals surface area contributed by atoms with Crippen LogP contribution < -0.4 is 9.24 Å². The van der Waals surface area contributed by atoms with Gasteiger partial charge in [0.15, 0.2) is 0 Å². The first-order chi connectivity index (χ1) is 10.1. The number of hydrogen-bond donors (Lipinski definition) is 1. The predicted molar refractivity (Wildman–Crippen MR) is 86.9 cm³/mol. The van der Waals surface area contributed by atoms with Crippen LogP contribution in [0.5, 0.6) is 0 Å². The number of carbonyl (C=O) groups is 2. The number of amides is 2. The maximum atomic E-state index is 12.0. The topological polar surface area (TPSA) is 49.4 Å². The van der Waals surface area contributed by atoms with Gasteiger partial charge in [-0.05, 0) is 24.6 Å². The third-order valence-electron chi connectivity index (χ3n) is 3.70. The van der Waals surface area contributed by atoms with E-state index in [-0.39, 0.29) is 11.8 Å². The van der Waals surface area contributed by atoms with Crippen LogP contribution in [0.4, 0.5) is 5.69 Å². The van der Waals surface area contributed by atoms with Gasteiger partial charge in [-0.25, -0.2) is 0 Å². The molecule has 0 saturated heterocycles. The molecule has 0 aliphatic carbocycles. The number of nitrogens with one attached hydrogen (secondary N) is 1. The molecule has 0 radical (unpaired) electrons. The van der Waals surface area contributed by atoms with Crippen LogP contribution >= 0.6 is 16.1 Å². The van der Waals surface area contributed by atoms with Crippen molar-refractivity contribution in [1.29, 1.82) is 0 Å². The normalized spacial score (nSPS) is 13.4. The van der Waals surface area contributed by atoms with Gasteiger partial charge in [0.1, 0.15) is 0 Å². The summed E-state index contributed by atoms with van der Waals surface area (Å²) in [4.78, 5) is 24.0. The number of unbranched alkanes of at least 4 members (excludes halogenated alkanes) is 1. The Morgan fingerprint density at radius 1 is 1.10 bits per heavy atom. The van der Waals surface area contributed by atoms with Crippen molar-refractivity contribution in [1.82, 2.24) is 5.32 Å². The van der Waals surface area contributed by atoms with E-state index >= 15 is 0 Å². The van der Waals surface area contributed by atoms with Crippen molar-refractivity contribution in [3.63, 3.8) is 0 Å². The lowest BCUT2D eigenvalue weighted by Crippen LogP contribution is -2.34. The van der Waals surface area contributed by atoms with E-state index in [1.165, 1.54) is 0 Å². The zero-order valence-corrected chi connectivity index (χ0v) is 13.2. The minimum Gasteiger partial charge on any atom is -0.308 e. The fraction of sp³-hybridized carbons (Fsp3) is 0.250. The highest BCUT2D eigenvalue weighted by atomic mass is 79.9. The lowest BCUT2D eigenvalue weighted by Gasteiger charge is -2.22. The molecule has 108 valence electrons. The molecule has 0 atom stereocenters. The molecule has 2 amide bonds. The first-order valence-corrected chi connectivity index (χ1v) is 7.69. The molecule has 21 heavy (non-hydrogen) atoms. The molecular weight excluding hydrogens is 332 g/mol. The summed E-state index contributed by atoms with van der Waals surface area (Å²) in [5.41, 5.74) is 2.09. The largest absolute Gasteiger partial charge is 0.308 e. The summed E-state index contributed by atoms with van der Waals surface area (Å²) in [6.07, 6.45) is 2.16. The molecule has 5 heteroatoms. The zero-order chi connectivity index (χ0) is 15.0. The van der Waals surface area contributed by atoms with Crippen molar-refractivity contribution < 1.29 is 9.59 Å². The summed E-state index contributed by atoms with van der Waals surface area (Å²) in [6.45, 7) is 3.01. The molecule has 0 aromatic heterocycles. The summed E-state index contributed by atoms with van der Waals surface area (Å²) >= 11 is 3.58. The summed E-state index contributed by atoms with van der Waals surface area (Å²) in [7, 11) is 0. The first kappa shape index (κ1) is 14.1. The van der Waals surface area contributed by atoms with Crippen LogP contribution in [-0.4, -0.2) is 18.4 Å². The Morgan fingerprint density at radius 2 is 1.81 bits per heavy atom. The van der Waals surface area contributed by atoms with E-state index in [2.05, 4.69) is 28.4 Å². The predicted octanol–water partition coefficient (Wildman–Crippen LogP) is 3.64. The van der Waals surface area contributed by atoms with Crippen LogP contribution in [0.1, 0.15) is 40.5 Å². The van der Waals surface area contributed by atoms with Crippen LogP contribution in [0.25, 0.3) is 10.8 Å². The number of imide groups is 1. The smallest absolute Gasteiger partial charge is 0.258 e. The summed E-state index contributed by atoms with van der Waals surface area (Å²) in [5.74, 6) is -0.658. The minimum atomic E-state index is -0.329. The molecule has 0 fully saturated rings. The van der Waals surface area contributed by atoms with Crippen LogP contribution in [0, 0.1) is 0 Å². The van der Waals surface area contributed by atoms with Crippen molar-refractivity contribution >= 4 is 44.4 Å². The highest BCUT2D eigenvalue weighted by Crippen LogP contribution is 2.35. The van der Waals surface area contributed by atoms with Gasteiger partial charge in [0, 0.05) is 44.6 Å². The van der Waals surface area contributed by atoms with Gasteiger partial charge in [-0.3, -0.25) is 14.9 Å². The molecule has 1 N–H and O–H groups in total. The van der Waals surface area contributed by atoms with Crippen molar-refractivity contribution in [2.75, 3.05) is 10.5 Å². The number of anilines is 1. The van der Waals surface area contributed by atoms with Crippen LogP contribution in [-0.2, 0) is 0 Å². The lowest BCUT2D eigenvalue weighted by atomic mass is 9.94. The molecule has 1 aliphatic rings. The van der Waals surface area contributed by atoms with E-state index in [1.807, 2.05) is 22.1 Å². The SMILES string of the molecule is CCCCN(Br)c1ccc2c3c(cccc13)C(=O)NC2=O. The average Bonchev–Trinajstić information content (AvgIpc) is 2.49. The van der Waals surface area contributed by atoms with Crippen molar-refractivity contribution in [2.45, 2.75) is 19.8 Å². The van der Waals surface area contributed by atoms with Gasteiger partial charge in [0.05, 0.1) is 5.69 Å². The molecule has 0 saturated carbocycles. The van der Waals surface area contributed by atoms with Crippen molar-refractivity contribution in [3.05, 3.63) is 41.5 Å². The highest BCUT2D eigenvalue weighted by molar-refractivity contribution is 9.10. The van der Waals surface area contributed by atoms with Crippen molar-refractivity contribution in [2.24, 2.45) is 0 Å². The Morgan fingerprint density at radius 3 is 2.52 bits per heavy atom. The van der Waals surface area contributed by atoms with E-state index in [4.69, 9.17) is 0 Å². The second kappa shape index (κ2) is 5.48. The third kappa shape index (κ3) is 2.31. The molecule has 0 bridgehead atoms. The number of carbonyl (C=O) groups excluding carboxylic acids is 2. The molecule has 0 spiro atoms. The van der Waals surface area contributed by atoms with Gasteiger partial charge < -0.3 is 3.93 Å². The Hall–Kier alpha value is -1.88. The second-order valence-electron chi connectivity index (χ2n) is 5.08. The fourth-order valence-electron chi connectivity index (χ4n) is 2.64. The Labute approximate surface area is 131 Å². The minimum absolute atomic E-state index is 0.329. The molecule has 0 unspecified atom stereocenters. The van der Waals surface area contributed by atoms with Crippen LogP contribution in [0.2, 0.25) is 0 Å². The number of rotatable bonds is 4. The van der Waals surface area contributed by atoms with E-state index in [0.717, 1.165) is 35.8 Å². The number of nitrogens with zero attached hydrogens (tertiary/aromatic N) is 1. The molecule has 3 rings (SSSR count). The van der Waals surface area contributed by atoms with E-state index < -0.39 is 0 Å².